The van der Waals surface area contributed by atoms with Crippen molar-refractivity contribution < 1.29 is 14.3 Å². The molecular formula is C28H34N6O3. The van der Waals surface area contributed by atoms with E-state index in [1.165, 1.54) is 0 Å². The molecule has 1 aromatic heterocycles. The summed E-state index contributed by atoms with van der Waals surface area (Å²) in [6.07, 6.45) is 0. The lowest BCUT2D eigenvalue weighted by Crippen LogP contribution is -2.52. The van der Waals surface area contributed by atoms with Crippen LogP contribution >= 0.6 is 0 Å². The number of likely N-dealkylation sites (N-methyl/N-ethyl adjacent to an activating group) is 1. The third-order valence-corrected chi connectivity index (χ3v) is 6.44. The molecule has 0 spiro atoms. The van der Waals surface area contributed by atoms with Gasteiger partial charge in [0.15, 0.2) is 5.82 Å². The highest BCUT2D eigenvalue weighted by atomic mass is 16.5. The Morgan fingerprint density at radius 3 is 2.16 bits per heavy atom. The first-order valence-electron chi connectivity index (χ1n) is 12.4. The minimum absolute atomic E-state index is 0.0383. The van der Waals surface area contributed by atoms with Crippen molar-refractivity contribution in [2.24, 2.45) is 0 Å². The molecule has 4 rings (SSSR count). The van der Waals surface area contributed by atoms with E-state index < -0.39 is 0 Å². The van der Waals surface area contributed by atoms with Crippen LogP contribution in [0, 0.1) is 0 Å². The lowest BCUT2D eigenvalue weighted by atomic mass is 10.1. The van der Waals surface area contributed by atoms with Crippen LogP contribution in [0.1, 0.15) is 10.4 Å². The zero-order chi connectivity index (χ0) is 26.2. The molecule has 0 atom stereocenters. The van der Waals surface area contributed by atoms with Crippen molar-refractivity contribution >= 4 is 17.6 Å². The SMILES string of the molecule is COc1ccc(-c2ccc(N3CCN(C(=O)CN(CCN(C)C)C(=O)c4ccccc4)CC3)nn2)cc1. The highest BCUT2D eigenvalue weighted by Gasteiger charge is 2.26. The van der Waals surface area contributed by atoms with Crippen LogP contribution < -0.4 is 9.64 Å². The highest BCUT2D eigenvalue weighted by molar-refractivity contribution is 5.96. The van der Waals surface area contributed by atoms with E-state index in [0.717, 1.165) is 22.8 Å². The molecular weight excluding hydrogens is 468 g/mol. The normalized spacial score (nSPS) is 13.5. The Hall–Kier alpha value is -3.98. The number of rotatable bonds is 9. The summed E-state index contributed by atoms with van der Waals surface area (Å²) in [7, 11) is 5.56. The molecule has 0 aliphatic carbocycles. The topological polar surface area (TPSA) is 82.1 Å². The molecule has 1 fully saturated rings. The van der Waals surface area contributed by atoms with E-state index in [1.54, 1.807) is 24.1 Å². The van der Waals surface area contributed by atoms with E-state index in [1.807, 2.05) is 78.5 Å². The number of nitrogens with zero attached hydrogens (tertiary/aromatic N) is 6. The van der Waals surface area contributed by atoms with Gasteiger partial charge in [-0.3, -0.25) is 9.59 Å². The van der Waals surface area contributed by atoms with Crippen molar-refractivity contribution in [3.05, 3.63) is 72.3 Å². The van der Waals surface area contributed by atoms with Crippen LogP contribution in [0.2, 0.25) is 0 Å². The highest BCUT2D eigenvalue weighted by Crippen LogP contribution is 2.22. The molecule has 2 amide bonds. The summed E-state index contributed by atoms with van der Waals surface area (Å²) in [4.78, 5) is 33.8. The van der Waals surface area contributed by atoms with Gasteiger partial charge in [0.25, 0.3) is 5.91 Å². The maximum atomic E-state index is 13.1. The number of ether oxygens (including phenoxy) is 1. The van der Waals surface area contributed by atoms with Crippen LogP contribution in [0.15, 0.2) is 66.7 Å². The summed E-state index contributed by atoms with van der Waals surface area (Å²) in [6, 6.07) is 20.8. The number of carbonyl (C=O) groups is 2. The fourth-order valence-corrected chi connectivity index (χ4v) is 4.19. The van der Waals surface area contributed by atoms with Crippen LogP contribution in [-0.4, -0.2) is 104 Å². The molecule has 2 heterocycles. The second kappa shape index (κ2) is 12.3. The number of carbonyl (C=O) groups excluding carboxylic acids is 2. The summed E-state index contributed by atoms with van der Waals surface area (Å²) < 4.78 is 5.21. The zero-order valence-corrected chi connectivity index (χ0v) is 21.7. The maximum absolute atomic E-state index is 13.1. The first kappa shape index (κ1) is 26.1. The van der Waals surface area contributed by atoms with E-state index >= 15 is 0 Å². The van der Waals surface area contributed by atoms with Crippen molar-refractivity contribution in [3.63, 3.8) is 0 Å². The number of hydrogen-bond acceptors (Lipinski definition) is 7. The van der Waals surface area contributed by atoms with Gasteiger partial charge in [0.05, 0.1) is 12.8 Å². The minimum Gasteiger partial charge on any atom is -0.497 e. The Balaban J connectivity index is 1.33. The molecule has 3 aromatic rings. The molecule has 1 saturated heterocycles. The van der Waals surface area contributed by atoms with Crippen molar-refractivity contribution in [2.75, 3.05) is 71.9 Å². The second-order valence-corrected chi connectivity index (χ2v) is 9.27. The molecule has 9 heteroatoms. The number of methoxy groups -OCH3 is 1. The van der Waals surface area contributed by atoms with E-state index in [9.17, 15) is 9.59 Å². The molecule has 1 aliphatic heterocycles. The third-order valence-electron chi connectivity index (χ3n) is 6.44. The Morgan fingerprint density at radius 1 is 0.865 bits per heavy atom. The molecule has 9 nitrogen and oxygen atoms in total. The van der Waals surface area contributed by atoms with Crippen LogP contribution in [0.4, 0.5) is 5.82 Å². The van der Waals surface area contributed by atoms with Crippen LogP contribution in [-0.2, 0) is 4.79 Å². The van der Waals surface area contributed by atoms with Crippen molar-refractivity contribution in [3.8, 4) is 17.0 Å². The van der Waals surface area contributed by atoms with Gasteiger partial charge in [-0.05, 0) is 62.6 Å². The lowest BCUT2D eigenvalue weighted by Gasteiger charge is -2.36. The number of hydrogen-bond donors (Lipinski definition) is 0. The number of benzene rings is 2. The lowest BCUT2D eigenvalue weighted by molar-refractivity contribution is -0.132. The monoisotopic (exact) mass is 502 g/mol. The van der Waals surface area contributed by atoms with Crippen LogP contribution in [0.25, 0.3) is 11.3 Å². The second-order valence-electron chi connectivity index (χ2n) is 9.27. The first-order valence-corrected chi connectivity index (χ1v) is 12.4. The van der Waals surface area contributed by atoms with E-state index in [-0.39, 0.29) is 18.4 Å². The smallest absolute Gasteiger partial charge is 0.254 e. The number of amides is 2. The molecule has 0 bridgehead atoms. The van der Waals surface area contributed by atoms with Gasteiger partial charge in [-0.25, -0.2) is 0 Å². The Labute approximate surface area is 218 Å². The minimum atomic E-state index is -0.123. The summed E-state index contributed by atoms with van der Waals surface area (Å²) in [5.74, 6) is 1.42. The largest absolute Gasteiger partial charge is 0.497 e. The average molecular weight is 503 g/mol. The van der Waals surface area contributed by atoms with Gasteiger partial charge in [-0.1, -0.05) is 18.2 Å². The summed E-state index contributed by atoms with van der Waals surface area (Å²) in [5.41, 5.74) is 2.36. The van der Waals surface area contributed by atoms with E-state index in [4.69, 9.17) is 4.74 Å². The average Bonchev–Trinajstić information content (AvgIpc) is 2.95. The predicted octanol–water partition coefficient (Wildman–Crippen LogP) is 2.50. The maximum Gasteiger partial charge on any atom is 0.254 e. The van der Waals surface area contributed by atoms with Crippen molar-refractivity contribution in [1.29, 1.82) is 0 Å². The Kier molecular flexibility index (Phi) is 8.68. The molecule has 1 aliphatic rings. The molecule has 2 aromatic carbocycles. The first-order chi connectivity index (χ1) is 17.9. The zero-order valence-electron chi connectivity index (χ0n) is 21.7. The van der Waals surface area contributed by atoms with E-state index in [2.05, 4.69) is 15.1 Å². The van der Waals surface area contributed by atoms with Gasteiger partial charge in [0.2, 0.25) is 5.91 Å². The fourth-order valence-electron chi connectivity index (χ4n) is 4.19. The van der Waals surface area contributed by atoms with Gasteiger partial charge in [0.1, 0.15) is 12.3 Å². The summed E-state index contributed by atoms with van der Waals surface area (Å²) in [6.45, 7) is 3.70. The van der Waals surface area contributed by atoms with Gasteiger partial charge in [0, 0.05) is 50.4 Å². The summed E-state index contributed by atoms with van der Waals surface area (Å²) >= 11 is 0. The van der Waals surface area contributed by atoms with Crippen LogP contribution in [0.5, 0.6) is 5.75 Å². The van der Waals surface area contributed by atoms with Crippen LogP contribution in [0.3, 0.4) is 0 Å². The van der Waals surface area contributed by atoms with Gasteiger partial charge in [-0.15, -0.1) is 10.2 Å². The molecule has 37 heavy (non-hydrogen) atoms. The van der Waals surface area contributed by atoms with Gasteiger partial charge < -0.3 is 24.3 Å². The number of piperazine rings is 1. The standard InChI is InChI=1S/C28H34N6O3/c1-31(2)15-16-34(28(36)23-7-5-4-6-8-23)21-27(35)33-19-17-32(18-20-33)26-14-13-25(29-30-26)22-9-11-24(37-3)12-10-22/h4-14H,15-21H2,1-3H3. The predicted molar refractivity (Wildman–Crippen MR) is 144 cm³/mol. The quantitative estimate of drug-likeness (QED) is 0.445. The van der Waals surface area contributed by atoms with Crippen molar-refractivity contribution in [1.82, 2.24) is 24.9 Å². The molecule has 0 N–H and O–H groups in total. The third kappa shape index (κ3) is 6.83. The van der Waals surface area contributed by atoms with Gasteiger partial charge in [-0.2, -0.15) is 0 Å². The number of aromatic nitrogens is 2. The van der Waals surface area contributed by atoms with Crippen molar-refractivity contribution in [2.45, 2.75) is 0 Å². The Morgan fingerprint density at radius 2 is 1.57 bits per heavy atom. The number of anilines is 1. The van der Waals surface area contributed by atoms with Gasteiger partial charge >= 0.3 is 0 Å². The molecule has 194 valence electrons. The Bertz CT molecular complexity index is 1160. The molecule has 0 radical (unpaired) electrons. The molecule has 0 unspecified atom stereocenters. The summed E-state index contributed by atoms with van der Waals surface area (Å²) in [5, 5.41) is 8.82. The van der Waals surface area contributed by atoms with E-state index in [0.29, 0.717) is 44.8 Å². The molecule has 0 saturated carbocycles. The fraction of sp³-hybridized carbons (Fsp3) is 0.357.